The van der Waals surface area contributed by atoms with E-state index >= 15 is 0 Å². The zero-order chi connectivity index (χ0) is 22.7. The first-order chi connectivity index (χ1) is 15.4. The Morgan fingerprint density at radius 3 is 2.75 bits per heavy atom. The van der Waals surface area contributed by atoms with E-state index in [4.69, 9.17) is 4.74 Å². The summed E-state index contributed by atoms with van der Waals surface area (Å²) < 4.78 is 9.18. The Balaban J connectivity index is 1.58. The molecule has 0 radical (unpaired) electrons. The largest absolute Gasteiger partial charge is 0.488 e. The SMILES string of the molecule is CCc1nc2ccc(Br)cc2c(=O)n1N=Cc1ccc(OCc2cccc(C)c2)c(I)c1. The van der Waals surface area contributed by atoms with Crippen molar-refractivity contribution in [2.45, 2.75) is 26.9 Å². The molecule has 3 aromatic carbocycles. The van der Waals surface area contributed by atoms with Gasteiger partial charge in [-0.1, -0.05) is 52.7 Å². The molecule has 0 saturated carbocycles. The number of aromatic nitrogens is 2. The second-order valence-corrected chi connectivity index (χ2v) is 9.45. The number of halogens is 2. The third-order valence-corrected chi connectivity index (χ3v) is 6.28. The molecule has 32 heavy (non-hydrogen) atoms. The highest BCUT2D eigenvalue weighted by atomic mass is 127. The van der Waals surface area contributed by atoms with Crippen molar-refractivity contribution >= 4 is 55.6 Å². The van der Waals surface area contributed by atoms with E-state index < -0.39 is 0 Å². The van der Waals surface area contributed by atoms with Crippen LogP contribution in [-0.4, -0.2) is 15.9 Å². The topological polar surface area (TPSA) is 56.5 Å². The van der Waals surface area contributed by atoms with Gasteiger partial charge in [0.25, 0.3) is 5.56 Å². The summed E-state index contributed by atoms with van der Waals surface area (Å²) in [5.41, 5.74) is 3.71. The molecule has 7 heteroatoms. The number of hydrogen-bond acceptors (Lipinski definition) is 4. The van der Waals surface area contributed by atoms with E-state index in [1.165, 1.54) is 10.2 Å². The van der Waals surface area contributed by atoms with Crippen molar-refractivity contribution in [2.24, 2.45) is 5.10 Å². The maximum atomic E-state index is 13.0. The first-order valence-electron chi connectivity index (χ1n) is 10.2. The monoisotopic (exact) mass is 601 g/mol. The lowest BCUT2D eigenvalue weighted by molar-refractivity contribution is 0.304. The van der Waals surface area contributed by atoms with Crippen LogP contribution in [0.5, 0.6) is 5.75 Å². The van der Waals surface area contributed by atoms with E-state index in [1.807, 2.05) is 43.3 Å². The number of aryl methyl sites for hydroxylation is 2. The van der Waals surface area contributed by atoms with Crippen molar-refractivity contribution in [3.8, 4) is 5.75 Å². The normalized spacial score (nSPS) is 11.4. The Morgan fingerprint density at radius 2 is 2.00 bits per heavy atom. The van der Waals surface area contributed by atoms with Gasteiger partial charge in [-0.3, -0.25) is 4.79 Å². The van der Waals surface area contributed by atoms with E-state index in [0.717, 1.165) is 24.9 Å². The predicted octanol–water partition coefficient (Wildman–Crippen LogP) is 6.10. The lowest BCUT2D eigenvalue weighted by atomic mass is 10.1. The quantitative estimate of drug-likeness (QED) is 0.198. The van der Waals surface area contributed by atoms with Crippen LogP contribution in [-0.2, 0) is 13.0 Å². The van der Waals surface area contributed by atoms with Crippen molar-refractivity contribution < 1.29 is 4.74 Å². The number of nitrogens with zero attached hydrogens (tertiary/aromatic N) is 3. The van der Waals surface area contributed by atoms with E-state index in [-0.39, 0.29) is 5.56 Å². The molecule has 0 N–H and O–H groups in total. The molecule has 0 unspecified atom stereocenters. The average molecular weight is 602 g/mol. The van der Waals surface area contributed by atoms with Crippen molar-refractivity contribution in [1.82, 2.24) is 9.66 Å². The van der Waals surface area contributed by atoms with Crippen LogP contribution in [0.3, 0.4) is 0 Å². The lowest BCUT2D eigenvalue weighted by Gasteiger charge is -2.10. The van der Waals surface area contributed by atoms with Gasteiger partial charge in [-0.25, -0.2) is 4.98 Å². The molecule has 5 nitrogen and oxygen atoms in total. The lowest BCUT2D eigenvalue weighted by Crippen LogP contribution is -2.22. The number of ether oxygens (including phenoxy) is 1. The van der Waals surface area contributed by atoms with E-state index in [0.29, 0.717) is 29.8 Å². The van der Waals surface area contributed by atoms with Crippen molar-refractivity contribution in [1.29, 1.82) is 0 Å². The smallest absolute Gasteiger partial charge is 0.282 e. The van der Waals surface area contributed by atoms with E-state index in [9.17, 15) is 4.79 Å². The third kappa shape index (κ3) is 5.10. The molecule has 4 aromatic rings. The summed E-state index contributed by atoms with van der Waals surface area (Å²) in [6.45, 7) is 4.54. The summed E-state index contributed by atoms with van der Waals surface area (Å²) in [5.74, 6) is 1.43. The van der Waals surface area contributed by atoms with Crippen molar-refractivity contribution in [3.63, 3.8) is 0 Å². The van der Waals surface area contributed by atoms with Crippen molar-refractivity contribution in [2.75, 3.05) is 0 Å². The highest BCUT2D eigenvalue weighted by molar-refractivity contribution is 14.1. The summed E-state index contributed by atoms with van der Waals surface area (Å²) >= 11 is 5.67. The Bertz CT molecular complexity index is 1380. The number of rotatable bonds is 6. The van der Waals surface area contributed by atoms with Crippen LogP contribution in [0.25, 0.3) is 10.9 Å². The maximum absolute atomic E-state index is 13.0. The van der Waals surface area contributed by atoms with Crippen LogP contribution in [0.15, 0.2) is 75.0 Å². The molecule has 0 amide bonds. The predicted molar refractivity (Wildman–Crippen MR) is 141 cm³/mol. The maximum Gasteiger partial charge on any atom is 0.282 e. The summed E-state index contributed by atoms with van der Waals surface area (Å²) in [7, 11) is 0. The fourth-order valence-corrected chi connectivity index (χ4v) is 4.40. The standard InChI is InChI=1S/C25H21BrIN3O2/c1-3-24-29-22-9-8-19(26)13-20(22)25(31)30(24)28-14-17-7-10-23(21(27)12-17)32-15-18-6-4-5-16(2)11-18/h4-14H,3,15H2,1-2H3. The zero-order valence-corrected chi connectivity index (χ0v) is 21.4. The van der Waals surface area contributed by atoms with Crippen LogP contribution in [0.2, 0.25) is 0 Å². The van der Waals surface area contributed by atoms with Gasteiger partial charge in [0, 0.05) is 10.9 Å². The average Bonchev–Trinajstić information content (AvgIpc) is 2.78. The molecular weight excluding hydrogens is 581 g/mol. The van der Waals surface area contributed by atoms with Gasteiger partial charge in [0.05, 0.1) is 20.7 Å². The Kier molecular flexibility index (Phi) is 7.05. The van der Waals surface area contributed by atoms with Crippen LogP contribution in [0, 0.1) is 10.5 Å². The van der Waals surface area contributed by atoms with E-state index in [1.54, 1.807) is 12.3 Å². The molecule has 0 atom stereocenters. The van der Waals surface area contributed by atoms with Gasteiger partial charge in [0.15, 0.2) is 0 Å². The third-order valence-electron chi connectivity index (χ3n) is 4.95. The van der Waals surface area contributed by atoms with E-state index in [2.05, 4.69) is 73.7 Å². The van der Waals surface area contributed by atoms with Gasteiger partial charge in [0.1, 0.15) is 18.2 Å². The van der Waals surface area contributed by atoms with Crippen LogP contribution in [0.4, 0.5) is 0 Å². The van der Waals surface area contributed by atoms with Crippen molar-refractivity contribution in [3.05, 3.63) is 102 Å². The number of fused-ring (bicyclic) bond motifs is 1. The van der Waals surface area contributed by atoms with Gasteiger partial charge >= 0.3 is 0 Å². The van der Waals surface area contributed by atoms with Gasteiger partial charge in [0.2, 0.25) is 0 Å². The first kappa shape index (κ1) is 22.7. The molecule has 1 heterocycles. The Labute approximate surface area is 208 Å². The van der Waals surface area contributed by atoms with Crippen LogP contribution < -0.4 is 10.3 Å². The molecule has 162 valence electrons. The molecule has 0 aliphatic rings. The molecule has 0 fully saturated rings. The van der Waals surface area contributed by atoms with Gasteiger partial charge in [-0.05, 0) is 77.0 Å². The molecule has 4 rings (SSSR count). The zero-order valence-electron chi connectivity index (χ0n) is 17.7. The minimum Gasteiger partial charge on any atom is -0.488 e. The molecule has 0 spiro atoms. The number of hydrogen-bond donors (Lipinski definition) is 0. The van der Waals surface area contributed by atoms with Crippen LogP contribution in [0.1, 0.15) is 29.4 Å². The summed E-state index contributed by atoms with van der Waals surface area (Å²) in [4.78, 5) is 17.6. The minimum absolute atomic E-state index is 0.183. The molecule has 0 aliphatic carbocycles. The minimum atomic E-state index is -0.183. The summed E-state index contributed by atoms with van der Waals surface area (Å²) in [6, 6.07) is 19.6. The molecular formula is C25H21BrIN3O2. The summed E-state index contributed by atoms with van der Waals surface area (Å²) in [6.07, 6.45) is 2.28. The summed E-state index contributed by atoms with van der Waals surface area (Å²) in [5, 5.41) is 4.99. The van der Waals surface area contributed by atoms with Gasteiger partial charge < -0.3 is 4.74 Å². The Hall–Kier alpha value is -2.52. The fraction of sp³-hybridized carbons (Fsp3) is 0.160. The molecule has 0 bridgehead atoms. The molecule has 1 aromatic heterocycles. The second-order valence-electron chi connectivity index (χ2n) is 7.37. The second kappa shape index (κ2) is 9.95. The molecule has 0 aliphatic heterocycles. The first-order valence-corrected chi connectivity index (χ1v) is 12.0. The van der Waals surface area contributed by atoms with Crippen LogP contribution >= 0.6 is 38.5 Å². The van der Waals surface area contributed by atoms with Gasteiger partial charge in [-0.15, -0.1) is 0 Å². The Morgan fingerprint density at radius 1 is 1.16 bits per heavy atom. The van der Waals surface area contributed by atoms with Gasteiger partial charge in [-0.2, -0.15) is 9.78 Å². The number of benzene rings is 3. The highest BCUT2D eigenvalue weighted by Crippen LogP contribution is 2.23. The fourth-order valence-electron chi connectivity index (χ4n) is 3.34. The molecule has 0 saturated heterocycles. The highest BCUT2D eigenvalue weighted by Gasteiger charge is 2.10.